The monoisotopic (exact) mass is 269 g/mol. The fraction of sp³-hybridized carbons (Fsp3) is 0.188. The van der Waals surface area contributed by atoms with E-state index in [0.717, 1.165) is 11.4 Å². The van der Waals surface area contributed by atoms with Gasteiger partial charge in [-0.3, -0.25) is 9.80 Å². The molecule has 2 amide bonds. The van der Waals surface area contributed by atoms with Gasteiger partial charge in [-0.25, -0.2) is 4.79 Å². The van der Waals surface area contributed by atoms with Crippen molar-refractivity contribution < 1.29 is 4.79 Å². The predicted molar refractivity (Wildman–Crippen MR) is 82.9 cm³/mol. The molecule has 4 nitrogen and oxygen atoms in total. The summed E-state index contributed by atoms with van der Waals surface area (Å²) < 4.78 is 0. The molecule has 0 aliphatic rings. The van der Waals surface area contributed by atoms with Gasteiger partial charge in [0.15, 0.2) is 0 Å². The minimum atomic E-state index is -0.142. The number of carbonyl (C=O) groups is 1. The van der Waals surface area contributed by atoms with Crippen LogP contribution in [-0.2, 0) is 0 Å². The molecule has 0 aliphatic carbocycles. The molecular formula is C16H19N3O. The van der Waals surface area contributed by atoms with Gasteiger partial charge in [0.05, 0.1) is 6.67 Å². The summed E-state index contributed by atoms with van der Waals surface area (Å²) in [6.45, 7) is 0.517. The smallest absolute Gasteiger partial charge is 0.308 e. The first kappa shape index (κ1) is 14.1. The summed E-state index contributed by atoms with van der Waals surface area (Å²) >= 11 is 0. The van der Waals surface area contributed by atoms with E-state index in [9.17, 15) is 4.79 Å². The highest BCUT2D eigenvalue weighted by molar-refractivity contribution is 6.01. The summed E-state index contributed by atoms with van der Waals surface area (Å²) in [4.78, 5) is 16.1. The fourth-order valence-electron chi connectivity index (χ4n) is 1.87. The molecule has 104 valence electrons. The van der Waals surface area contributed by atoms with Crippen molar-refractivity contribution in [3.05, 3.63) is 60.7 Å². The summed E-state index contributed by atoms with van der Waals surface area (Å²) in [6, 6.07) is 19.0. The van der Waals surface area contributed by atoms with Crippen LogP contribution in [0.4, 0.5) is 16.2 Å². The van der Waals surface area contributed by atoms with Gasteiger partial charge in [0.2, 0.25) is 0 Å². The summed E-state index contributed by atoms with van der Waals surface area (Å²) in [6.07, 6.45) is 0. The molecule has 1 N–H and O–H groups in total. The number of benzene rings is 2. The highest BCUT2D eigenvalue weighted by Crippen LogP contribution is 2.15. The first-order valence-electron chi connectivity index (χ1n) is 6.50. The van der Waals surface area contributed by atoms with E-state index in [1.54, 1.807) is 4.90 Å². The van der Waals surface area contributed by atoms with E-state index < -0.39 is 0 Å². The molecule has 2 aromatic rings. The van der Waals surface area contributed by atoms with Crippen molar-refractivity contribution in [2.45, 2.75) is 0 Å². The number of hydrogen-bond acceptors (Lipinski definition) is 2. The van der Waals surface area contributed by atoms with Crippen LogP contribution in [0.2, 0.25) is 0 Å². The third kappa shape index (κ3) is 3.83. The predicted octanol–water partition coefficient (Wildman–Crippen LogP) is 3.24. The van der Waals surface area contributed by atoms with Crippen LogP contribution in [0.25, 0.3) is 0 Å². The molecule has 0 atom stereocenters. The van der Waals surface area contributed by atoms with Gasteiger partial charge in [-0.1, -0.05) is 36.4 Å². The molecule has 0 saturated heterocycles. The van der Waals surface area contributed by atoms with Gasteiger partial charge in [0.1, 0.15) is 0 Å². The van der Waals surface area contributed by atoms with E-state index >= 15 is 0 Å². The van der Waals surface area contributed by atoms with E-state index in [1.165, 1.54) is 0 Å². The third-order valence-electron chi connectivity index (χ3n) is 2.76. The number of hydrogen-bond donors (Lipinski definition) is 1. The highest BCUT2D eigenvalue weighted by Gasteiger charge is 2.16. The maximum atomic E-state index is 12.4. The first-order chi connectivity index (χ1) is 9.66. The van der Waals surface area contributed by atoms with Gasteiger partial charge >= 0.3 is 6.03 Å². The number of nitrogens with zero attached hydrogens (tertiary/aromatic N) is 2. The SMILES string of the molecule is CN(C)CN(C(=O)Nc1ccccc1)c1ccccc1. The second-order valence-corrected chi connectivity index (χ2v) is 4.78. The van der Waals surface area contributed by atoms with Crippen LogP contribution in [0.3, 0.4) is 0 Å². The molecule has 4 heteroatoms. The molecule has 2 rings (SSSR count). The van der Waals surface area contributed by atoms with Crippen molar-refractivity contribution in [1.82, 2.24) is 4.90 Å². The summed E-state index contributed by atoms with van der Waals surface area (Å²) in [7, 11) is 3.87. The van der Waals surface area contributed by atoms with Crippen LogP contribution >= 0.6 is 0 Å². The Balaban J connectivity index is 2.16. The highest BCUT2D eigenvalue weighted by atomic mass is 16.2. The standard InChI is InChI=1S/C16H19N3O/c1-18(2)13-19(15-11-7-4-8-12-15)16(20)17-14-9-5-3-6-10-14/h3-12H,13H2,1-2H3,(H,17,20). The summed E-state index contributed by atoms with van der Waals surface area (Å²) in [5.74, 6) is 0. The second-order valence-electron chi connectivity index (χ2n) is 4.78. The summed E-state index contributed by atoms with van der Waals surface area (Å²) in [5.41, 5.74) is 1.66. The molecule has 0 bridgehead atoms. The Bertz CT molecular complexity index is 540. The van der Waals surface area contributed by atoms with Gasteiger partial charge in [0.25, 0.3) is 0 Å². The average Bonchev–Trinajstić information content (AvgIpc) is 2.46. The van der Waals surface area contributed by atoms with Crippen molar-refractivity contribution in [3.8, 4) is 0 Å². The Morgan fingerprint density at radius 2 is 1.50 bits per heavy atom. The van der Waals surface area contributed by atoms with Gasteiger partial charge in [-0.05, 0) is 38.4 Å². The molecule has 20 heavy (non-hydrogen) atoms. The molecule has 0 saturated carbocycles. The van der Waals surface area contributed by atoms with Crippen LogP contribution < -0.4 is 10.2 Å². The lowest BCUT2D eigenvalue weighted by Crippen LogP contribution is -2.41. The molecule has 0 aromatic heterocycles. The molecule has 0 heterocycles. The number of anilines is 2. The van der Waals surface area contributed by atoms with Gasteiger partial charge in [-0.15, -0.1) is 0 Å². The maximum Gasteiger partial charge on any atom is 0.327 e. The topological polar surface area (TPSA) is 35.6 Å². The van der Waals surface area contributed by atoms with E-state index in [4.69, 9.17) is 0 Å². The number of nitrogens with one attached hydrogen (secondary N) is 1. The summed E-state index contributed by atoms with van der Waals surface area (Å²) in [5, 5.41) is 2.91. The second kappa shape index (κ2) is 6.73. The zero-order valence-corrected chi connectivity index (χ0v) is 11.8. The lowest BCUT2D eigenvalue weighted by molar-refractivity contribution is 0.253. The van der Waals surface area contributed by atoms with Crippen molar-refractivity contribution in [2.24, 2.45) is 0 Å². The Hall–Kier alpha value is -2.33. The Kier molecular flexibility index (Phi) is 4.74. The van der Waals surface area contributed by atoms with Crippen molar-refractivity contribution >= 4 is 17.4 Å². The molecule has 0 spiro atoms. The van der Waals surface area contributed by atoms with Crippen LogP contribution in [0.5, 0.6) is 0 Å². The minimum absolute atomic E-state index is 0.142. The van der Waals surface area contributed by atoms with Gasteiger partial charge in [0, 0.05) is 11.4 Å². The number of carbonyl (C=O) groups excluding carboxylic acids is 1. The van der Waals surface area contributed by atoms with Crippen molar-refractivity contribution in [3.63, 3.8) is 0 Å². The number of urea groups is 1. The van der Waals surface area contributed by atoms with E-state index in [0.29, 0.717) is 6.67 Å². The van der Waals surface area contributed by atoms with Crippen LogP contribution in [0, 0.1) is 0 Å². The van der Waals surface area contributed by atoms with Gasteiger partial charge < -0.3 is 5.32 Å². The zero-order chi connectivity index (χ0) is 14.4. The molecule has 0 aliphatic heterocycles. The molecular weight excluding hydrogens is 250 g/mol. The minimum Gasteiger partial charge on any atom is -0.308 e. The van der Waals surface area contributed by atoms with Crippen LogP contribution in [0.1, 0.15) is 0 Å². The fourth-order valence-corrected chi connectivity index (χ4v) is 1.87. The number of rotatable bonds is 4. The van der Waals surface area contributed by atoms with E-state index in [1.807, 2.05) is 79.7 Å². The molecule has 2 aromatic carbocycles. The molecule has 0 radical (unpaired) electrons. The Labute approximate surface area is 119 Å². The average molecular weight is 269 g/mol. The Morgan fingerprint density at radius 3 is 2.05 bits per heavy atom. The third-order valence-corrected chi connectivity index (χ3v) is 2.76. The van der Waals surface area contributed by atoms with E-state index in [2.05, 4.69) is 5.32 Å². The zero-order valence-electron chi connectivity index (χ0n) is 11.8. The molecule has 0 unspecified atom stereocenters. The van der Waals surface area contributed by atoms with Crippen molar-refractivity contribution in [2.75, 3.05) is 31.0 Å². The van der Waals surface area contributed by atoms with Crippen LogP contribution in [0.15, 0.2) is 60.7 Å². The number of para-hydroxylation sites is 2. The number of amides is 2. The van der Waals surface area contributed by atoms with Crippen molar-refractivity contribution in [1.29, 1.82) is 0 Å². The normalized spacial score (nSPS) is 10.3. The maximum absolute atomic E-state index is 12.4. The lowest BCUT2D eigenvalue weighted by atomic mass is 10.3. The van der Waals surface area contributed by atoms with E-state index in [-0.39, 0.29) is 6.03 Å². The quantitative estimate of drug-likeness (QED) is 0.865. The van der Waals surface area contributed by atoms with Crippen LogP contribution in [-0.4, -0.2) is 31.7 Å². The lowest BCUT2D eigenvalue weighted by Gasteiger charge is -2.26. The largest absolute Gasteiger partial charge is 0.327 e. The first-order valence-corrected chi connectivity index (χ1v) is 6.50. The molecule has 0 fully saturated rings. The van der Waals surface area contributed by atoms with Gasteiger partial charge in [-0.2, -0.15) is 0 Å². The Morgan fingerprint density at radius 1 is 0.950 bits per heavy atom.